The predicted octanol–water partition coefficient (Wildman–Crippen LogP) is 4.13. The van der Waals surface area contributed by atoms with E-state index in [1.165, 1.54) is 11.0 Å². The molecular formula is C22H15ClN8O3S. The Hall–Kier alpha value is -4.29. The number of fused-ring (bicyclic) bond motifs is 1. The van der Waals surface area contributed by atoms with Crippen molar-refractivity contribution in [3.05, 3.63) is 69.8 Å². The number of anilines is 1. The summed E-state index contributed by atoms with van der Waals surface area (Å²) in [7, 11) is 0. The van der Waals surface area contributed by atoms with Crippen LogP contribution in [0.3, 0.4) is 0 Å². The molecule has 1 unspecified atom stereocenters. The van der Waals surface area contributed by atoms with Crippen LogP contribution in [0.1, 0.15) is 32.5 Å². The van der Waals surface area contributed by atoms with Crippen LogP contribution in [0.25, 0.3) is 28.5 Å². The lowest BCUT2D eigenvalue weighted by Gasteiger charge is -2.28. The average Bonchev–Trinajstić information content (AvgIpc) is 3.64. The van der Waals surface area contributed by atoms with E-state index in [-0.39, 0.29) is 23.2 Å². The molecule has 1 atom stereocenters. The monoisotopic (exact) mass is 506 g/mol. The Balaban J connectivity index is 1.33. The second kappa shape index (κ2) is 8.18. The van der Waals surface area contributed by atoms with Gasteiger partial charge in [0.05, 0.1) is 35.7 Å². The number of halogens is 1. The van der Waals surface area contributed by atoms with Crippen molar-refractivity contribution in [3.8, 4) is 28.5 Å². The minimum absolute atomic E-state index is 0.118. The van der Waals surface area contributed by atoms with E-state index in [0.717, 1.165) is 28.2 Å². The maximum Gasteiger partial charge on any atom is 0.345 e. The number of nitrogens with one attached hydrogen (secondary N) is 2. The number of carboxylic acids is 1. The Morgan fingerprint density at radius 2 is 2.11 bits per heavy atom. The van der Waals surface area contributed by atoms with Crippen molar-refractivity contribution in [2.75, 3.05) is 5.32 Å². The van der Waals surface area contributed by atoms with Crippen LogP contribution in [0.4, 0.5) is 5.82 Å². The molecule has 0 amide bonds. The Kier molecular flexibility index (Phi) is 4.97. The fourth-order valence-corrected chi connectivity index (χ4v) is 5.08. The summed E-state index contributed by atoms with van der Waals surface area (Å²) in [6, 6.07) is 10.2. The van der Waals surface area contributed by atoms with Gasteiger partial charge in [-0.05, 0) is 46.8 Å². The Morgan fingerprint density at radius 3 is 2.89 bits per heavy atom. The van der Waals surface area contributed by atoms with Crippen LogP contribution in [0.2, 0.25) is 5.02 Å². The molecule has 0 bridgehead atoms. The number of hydrogen-bond acceptors (Lipinski definition) is 8. The normalized spacial score (nSPS) is 15.1. The van der Waals surface area contributed by atoms with Gasteiger partial charge in [-0.1, -0.05) is 11.6 Å². The first-order valence-electron chi connectivity index (χ1n) is 10.4. The fraction of sp³-hybridized carbons (Fsp3) is 0.0909. The average molecular weight is 507 g/mol. The van der Waals surface area contributed by atoms with Crippen molar-refractivity contribution in [3.63, 3.8) is 0 Å². The van der Waals surface area contributed by atoms with Gasteiger partial charge in [-0.3, -0.25) is 9.36 Å². The van der Waals surface area contributed by atoms with Gasteiger partial charge in [-0.15, -0.1) is 16.4 Å². The third kappa shape index (κ3) is 3.68. The lowest BCUT2D eigenvalue weighted by molar-refractivity contribution is 0.0701. The SMILES string of the molecule is O=C(O)c1cc(-c2cnc(-c3ccc4n3C(=O)CC(c3cc(Cl)ccc3-n3cnnn3)N4)[nH]2)cs1. The first-order chi connectivity index (χ1) is 17.0. The number of H-pyrrole nitrogens is 1. The van der Waals surface area contributed by atoms with Gasteiger partial charge in [0.15, 0.2) is 5.82 Å². The van der Waals surface area contributed by atoms with Crippen molar-refractivity contribution >= 4 is 40.6 Å². The molecule has 35 heavy (non-hydrogen) atoms. The van der Waals surface area contributed by atoms with E-state index in [9.17, 15) is 14.7 Å². The van der Waals surface area contributed by atoms with Gasteiger partial charge in [0.2, 0.25) is 5.91 Å². The maximum atomic E-state index is 13.3. The summed E-state index contributed by atoms with van der Waals surface area (Å²) in [5.41, 5.74) is 3.49. The first-order valence-corrected chi connectivity index (χ1v) is 11.7. The number of carboxylic acid groups (broad SMARTS) is 1. The zero-order valence-electron chi connectivity index (χ0n) is 17.7. The van der Waals surface area contributed by atoms with E-state index in [1.807, 2.05) is 18.2 Å². The van der Waals surface area contributed by atoms with E-state index in [4.69, 9.17) is 11.6 Å². The standard InChI is InChI=1S/C22H15ClN8O3S/c23-12-1-2-16(30-10-25-28-29-30)13(6-12)14-7-20(32)31-17(3-4-19(31)26-14)21-24-8-15(27-21)11-5-18(22(33)34)35-9-11/h1-6,8-10,14,26H,7H2,(H,24,27)(H,33,34). The number of thiophene rings is 1. The van der Waals surface area contributed by atoms with Gasteiger partial charge in [-0.25, -0.2) is 14.5 Å². The number of imidazole rings is 1. The highest BCUT2D eigenvalue weighted by atomic mass is 35.5. The number of rotatable bonds is 5. The number of carbonyl (C=O) groups excluding carboxylic acids is 1. The number of aromatic carboxylic acids is 1. The highest BCUT2D eigenvalue weighted by Crippen LogP contribution is 2.37. The smallest absolute Gasteiger partial charge is 0.345 e. The van der Waals surface area contributed by atoms with Crippen LogP contribution in [0, 0.1) is 0 Å². The molecule has 0 saturated heterocycles. The van der Waals surface area contributed by atoms with Crippen LogP contribution in [-0.4, -0.2) is 51.7 Å². The van der Waals surface area contributed by atoms with E-state index >= 15 is 0 Å². The van der Waals surface area contributed by atoms with Gasteiger partial charge in [0, 0.05) is 21.5 Å². The number of aromatic nitrogens is 7. The summed E-state index contributed by atoms with van der Waals surface area (Å²) in [6.45, 7) is 0. The summed E-state index contributed by atoms with van der Waals surface area (Å²) in [5, 5.41) is 26.2. The Labute approximate surface area is 206 Å². The number of carbonyl (C=O) groups is 2. The number of hydrogen-bond donors (Lipinski definition) is 3. The molecule has 11 nitrogen and oxygen atoms in total. The second-order valence-corrected chi connectivity index (χ2v) is 9.19. The van der Waals surface area contributed by atoms with Gasteiger partial charge < -0.3 is 15.4 Å². The lowest BCUT2D eigenvalue weighted by Crippen LogP contribution is -2.29. The first kappa shape index (κ1) is 21.3. The topological polar surface area (TPSA) is 144 Å². The highest BCUT2D eigenvalue weighted by Gasteiger charge is 2.30. The molecule has 5 aromatic rings. The Morgan fingerprint density at radius 1 is 1.23 bits per heavy atom. The summed E-state index contributed by atoms with van der Waals surface area (Å²) in [5.74, 6) is 0.0226. The van der Waals surface area contributed by atoms with Crippen LogP contribution >= 0.6 is 22.9 Å². The minimum Gasteiger partial charge on any atom is -0.477 e. The van der Waals surface area contributed by atoms with Gasteiger partial charge in [0.1, 0.15) is 17.0 Å². The number of nitrogens with zero attached hydrogens (tertiary/aromatic N) is 6. The van der Waals surface area contributed by atoms with Gasteiger partial charge in [0.25, 0.3) is 0 Å². The summed E-state index contributed by atoms with van der Waals surface area (Å²) < 4.78 is 3.11. The third-order valence-corrected chi connectivity index (χ3v) is 6.88. The quantitative estimate of drug-likeness (QED) is 0.323. The van der Waals surface area contributed by atoms with Crippen LogP contribution in [0.5, 0.6) is 0 Å². The van der Waals surface area contributed by atoms with Crippen molar-refractivity contribution < 1.29 is 14.7 Å². The molecule has 0 aliphatic carbocycles. The molecule has 13 heteroatoms. The largest absolute Gasteiger partial charge is 0.477 e. The van der Waals surface area contributed by atoms with E-state index in [2.05, 4.69) is 30.8 Å². The minimum atomic E-state index is -0.976. The Bertz CT molecular complexity index is 1590. The highest BCUT2D eigenvalue weighted by molar-refractivity contribution is 7.12. The molecule has 0 saturated carbocycles. The molecule has 1 aliphatic rings. The zero-order valence-corrected chi connectivity index (χ0v) is 19.3. The van der Waals surface area contributed by atoms with E-state index in [1.54, 1.807) is 34.3 Å². The number of aromatic amines is 1. The molecular weight excluding hydrogens is 492 g/mol. The van der Waals surface area contributed by atoms with Crippen LogP contribution in [-0.2, 0) is 0 Å². The lowest BCUT2D eigenvalue weighted by atomic mass is 9.99. The summed E-state index contributed by atoms with van der Waals surface area (Å²) in [6.07, 6.45) is 3.28. The predicted molar refractivity (Wildman–Crippen MR) is 128 cm³/mol. The molecule has 0 radical (unpaired) electrons. The molecule has 6 rings (SSSR count). The van der Waals surface area contributed by atoms with Gasteiger partial charge >= 0.3 is 5.97 Å². The molecule has 1 aromatic carbocycles. The van der Waals surface area contributed by atoms with Crippen LogP contribution < -0.4 is 5.32 Å². The molecule has 5 heterocycles. The number of tetrazole rings is 1. The summed E-state index contributed by atoms with van der Waals surface area (Å²) >= 11 is 7.41. The van der Waals surface area contributed by atoms with Crippen LogP contribution in [0.15, 0.2) is 54.3 Å². The summed E-state index contributed by atoms with van der Waals surface area (Å²) in [4.78, 5) is 32.3. The van der Waals surface area contributed by atoms with Crippen molar-refractivity contribution in [2.24, 2.45) is 0 Å². The molecule has 0 fully saturated rings. The number of benzene rings is 1. The molecule has 0 spiro atoms. The van der Waals surface area contributed by atoms with Crippen molar-refractivity contribution in [1.82, 2.24) is 34.7 Å². The van der Waals surface area contributed by atoms with E-state index in [0.29, 0.717) is 28.1 Å². The fourth-order valence-electron chi connectivity index (χ4n) is 4.16. The van der Waals surface area contributed by atoms with Gasteiger partial charge in [-0.2, -0.15) is 0 Å². The molecule has 4 aromatic heterocycles. The molecule has 3 N–H and O–H groups in total. The zero-order chi connectivity index (χ0) is 24.1. The third-order valence-electron chi connectivity index (χ3n) is 5.73. The molecule has 174 valence electrons. The molecule has 1 aliphatic heterocycles. The van der Waals surface area contributed by atoms with E-state index < -0.39 is 5.97 Å². The van der Waals surface area contributed by atoms with Crippen molar-refractivity contribution in [1.29, 1.82) is 0 Å². The second-order valence-electron chi connectivity index (χ2n) is 7.84. The van der Waals surface area contributed by atoms with Crippen molar-refractivity contribution in [2.45, 2.75) is 12.5 Å². The maximum absolute atomic E-state index is 13.3.